The molecule has 0 radical (unpaired) electrons. The van der Waals surface area contributed by atoms with Crippen molar-refractivity contribution < 1.29 is 4.74 Å². The number of hydrogen-bond acceptors (Lipinski definition) is 3. The first-order valence-electron chi connectivity index (χ1n) is 7.66. The van der Waals surface area contributed by atoms with Crippen molar-refractivity contribution in [3.8, 4) is 0 Å². The van der Waals surface area contributed by atoms with Gasteiger partial charge < -0.3 is 10.1 Å². The molecular formula is C15H28BrN3O. The Hall–Kier alpha value is -0.390. The zero-order chi connectivity index (χ0) is 15.0. The fourth-order valence-electron chi connectivity index (χ4n) is 2.37. The van der Waals surface area contributed by atoms with Gasteiger partial charge in [0.1, 0.15) is 0 Å². The maximum Gasteiger partial charge on any atom is 0.0766 e. The van der Waals surface area contributed by atoms with Gasteiger partial charge in [-0.3, -0.25) is 4.68 Å². The van der Waals surface area contributed by atoms with Crippen molar-refractivity contribution in [3.05, 3.63) is 15.9 Å². The summed E-state index contributed by atoms with van der Waals surface area (Å²) in [5, 5.41) is 8.08. The number of nitrogens with zero attached hydrogens (tertiary/aromatic N) is 2. The Labute approximate surface area is 131 Å². The van der Waals surface area contributed by atoms with Gasteiger partial charge in [0, 0.05) is 32.2 Å². The summed E-state index contributed by atoms with van der Waals surface area (Å²) in [4.78, 5) is 0. The van der Waals surface area contributed by atoms with Crippen LogP contribution in [0.4, 0.5) is 0 Å². The number of ether oxygens (including phenoxy) is 1. The van der Waals surface area contributed by atoms with E-state index >= 15 is 0 Å². The Morgan fingerprint density at radius 1 is 1.35 bits per heavy atom. The molecular weight excluding hydrogens is 318 g/mol. The molecule has 0 aromatic carbocycles. The number of rotatable bonds is 10. The van der Waals surface area contributed by atoms with E-state index in [2.05, 4.69) is 44.9 Å². The van der Waals surface area contributed by atoms with Crippen LogP contribution in [0.25, 0.3) is 0 Å². The summed E-state index contributed by atoms with van der Waals surface area (Å²) in [7, 11) is 2.03. The third-order valence-corrected chi connectivity index (χ3v) is 4.50. The molecule has 1 aromatic rings. The highest BCUT2D eigenvalue weighted by atomic mass is 79.9. The summed E-state index contributed by atoms with van der Waals surface area (Å²) in [5.41, 5.74) is 2.46. The van der Waals surface area contributed by atoms with Crippen LogP contribution < -0.4 is 5.32 Å². The predicted molar refractivity (Wildman–Crippen MR) is 87.3 cm³/mol. The summed E-state index contributed by atoms with van der Waals surface area (Å²) in [6, 6.07) is 0.471. The van der Waals surface area contributed by atoms with Gasteiger partial charge in [-0.1, -0.05) is 6.92 Å². The molecule has 1 atom stereocenters. The van der Waals surface area contributed by atoms with Crippen LogP contribution in [0.5, 0.6) is 0 Å². The highest BCUT2D eigenvalue weighted by Crippen LogP contribution is 2.24. The maximum atomic E-state index is 5.41. The van der Waals surface area contributed by atoms with Crippen molar-refractivity contribution in [2.75, 3.05) is 20.3 Å². The lowest BCUT2D eigenvalue weighted by Gasteiger charge is -2.17. The molecule has 0 bridgehead atoms. The molecule has 0 spiro atoms. The Balaban J connectivity index is 2.66. The SMILES string of the molecule is CCOCCCC(Cc1c(Br)c(CC)nn1CC)NC. The smallest absolute Gasteiger partial charge is 0.0766 e. The second kappa shape index (κ2) is 9.53. The standard InChI is InChI=1S/C15H28BrN3O/c1-5-13-15(16)14(19(6-2)18-13)11-12(17-4)9-8-10-20-7-3/h12,17H,5-11H2,1-4H3. The van der Waals surface area contributed by atoms with Crippen LogP contribution >= 0.6 is 15.9 Å². The second-order valence-corrected chi connectivity index (χ2v) is 5.70. The molecule has 0 aliphatic carbocycles. The molecule has 0 amide bonds. The van der Waals surface area contributed by atoms with Crippen LogP contribution in [0, 0.1) is 0 Å². The first-order chi connectivity index (χ1) is 9.67. The fraction of sp³-hybridized carbons (Fsp3) is 0.800. The van der Waals surface area contributed by atoms with Gasteiger partial charge in [-0.05, 0) is 56.1 Å². The molecule has 1 rings (SSSR count). The average molecular weight is 346 g/mol. The van der Waals surface area contributed by atoms with Crippen LogP contribution in [0.3, 0.4) is 0 Å². The van der Waals surface area contributed by atoms with Crippen molar-refractivity contribution in [2.45, 2.75) is 59.0 Å². The van der Waals surface area contributed by atoms with Gasteiger partial charge in [0.05, 0.1) is 15.9 Å². The van der Waals surface area contributed by atoms with Crippen molar-refractivity contribution in [1.82, 2.24) is 15.1 Å². The predicted octanol–water partition coefficient (Wildman–Crippen LogP) is 3.18. The van der Waals surface area contributed by atoms with E-state index in [0.29, 0.717) is 6.04 Å². The summed E-state index contributed by atoms with van der Waals surface area (Å²) in [6.45, 7) is 8.91. The van der Waals surface area contributed by atoms with Gasteiger partial charge in [0.25, 0.3) is 0 Å². The molecule has 0 aliphatic heterocycles. The topological polar surface area (TPSA) is 39.1 Å². The molecule has 0 aliphatic rings. The minimum atomic E-state index is 0.471. The number of aromatic nitrogens is 2. The lowest BCUT2D eigenvalue weighted by Crippen LogP contribution is -2.29. The van der Waals surface area contributed by atoms with Gasteiger partial charge >= 0.3 is 0 Å². The van der Waals surface area contributed by atoms with Crippen LogP contribution in [-0.2, 0) is 24.1 Å². The largest absolute Gasteiger partial charge is 0.382 e. The molecule has 0 saturated heterocycles. The number of likely N-dealkylation sites (N-methyl/N-ethyl adjacent to an activating group) is 1. The van der Waals surface area contributed by atoms with Crippen molar-refractivity contribution in [3.63, 3.8) is 0 Å². The summed E-state index contributed by atoms with van der Waals surface area (Å²) in [6.07, 6.45) is 4.19. The van der Waals surface area contributed by atoms with Gasteiger partial charge in [0.2, 0.25) is 0 Å². The molecule has 0 fully saturated rings. The van der Waals surface area contributed by atoms with Crippen LogP contribution in [0.15, 0.2) is 4.47 Å². The fourth-order valence-corrected chi connectivity index (χ4v) is 3.10. The maximum absolute atomic E-state index is 5.41. The number of halogens is 1. The summed E-state index contributed by atoms with van der Waals surface area (Å²) < 4.78 is 8.72. The average Bonchev–Trinajstić information content (AvgIpc) is 2.78. The molecule has 1 N–H and O–H groups in total. The minimum absolute atomic E-state index is 0.471. The summed E-state index contributed by atoms with van der Waals surface area (Å²) >= 11 is 3.72. The second-order valence-electron chi connectivity index (χ2n) is 4.91. The number of nitrogens with one attached hydrogen (secondary N) is 1. The molecule has 116 valence electrons. The van der Waals surface area contributed by atoms with Crippen LogP contribution in [-0.4, -0.2) is 36.1 Å². The first-order valence-corrected chi connectivity index (χ1v) is 8.46. The number of hydrogen-bond donors (Lipinski definition) is 1. The van der Waals surface area contributed by atoms with Gasteiger partial charge in [0.15, 0.2) is 0 Å². The lowest BCUT2D eigenvalue weighted by atomic mass is 10.1. The van der Waals surface area contributed by atoms with Gasteiger partial charge in [-0.25, -0.2) is 0 Å². The number of aryl methyl sites for hydroxylation is 2. The lowest BCUT2D eigenvalue weighted by molar-refractivity contribution is 0.141. The zero-order valence-corrected chi connectivity index (χ0v) is 14.8. The molecule has 0 saturated carbocycles. The minimum Gasteiger partial charge on any atom is -0.382 e. The Bertz CT molecular complexity index is 393. The van der Waals surface area contributed by atoms with Gasteiger partial charge in [-0.2, -0.15) is 5.10 Å². The van der Waals surface area contributed by atoms with E-state index in [4.69, 9.17) is 4.74 Å². The van der Waals surface area contributed by atoms with E-state index < -0.39 is 0 Å². The van der Waals surface area contributed by atoms with Crippen LogP contribution in [0.1, 0.15) is 45.0 Å². The third kappa shape index (κ3) is 4.86. The monoisotopic (exact) mass is 345 g/mol. The highest BCUT2D eigenvalue weighted by Gasteiger charge is 2.17. The van der Waals surface area contributed by atoms with E-state index in [1.807, 2.05) is 14.0 Å². The normalized spacial score (nSPS) is 12.8. The van der Waals surface area contributed by atoms with E-state index in [1.165, 1.54) is 10.2 Å². The van der Waals surface area contributed by atoms with E-state index in [0.717, 1.165) is 51.1 Å². The zero-order valence-electron chi connectivity index (χ0n) is 13.2. The Morgan fingerprint density at radius 3 is 2.65 bits per heavy atom. The van der Waals surface area contributed by atoms with E-state index in [1.54, 1.807) is 0 Å². The first kappa shape index (κ1) is 17.7. The van der Waals surface area contributed by atoms with E-state index in [-0.39, 0.29) is 0 Å². The molecule has 1 unspecified atom stereocenters. The summed E-state index contributed by atoms with van der Waals surface area (Å²) in [5.74, 6) is 0. The molecule has 1 heterocycles. The highest BCUT2D eigenvalue weighted by molar-refractivity contribution is 9.10. The molecule has 20 heavy (non-hydrogen) atoms. The van der Waals surface area contributed by atoms with Crippen molar-refractivity contribution >= 4 is 15.9 Å². The van der Waals surface area contributed by atoms with Crippen molar-refractivity contribution in [2.24, 2.45) is 0 Å². The van der Waals surface area contributed by atoms with E-state index in [9.17, 15) is 0 Å². The third-order valence-electron chi connectivity index (χ3n) is 3.59. The molecule has 5 heteroatoms. The van der Waals surface area contributed by atoms with Gasteiger partial charge in [-0.15, -0.1) is 0 Å². The Morgan fingerprint density at radius 2 is 2.10 bits per heavy atom. The van der Waals surface area contributed by atoms with Crippen molar-refractivity contribution in [1.29, 1.82) is 0 Å². The molecule has 1 aromatic heterocycles. The quantitative estimate of drug-likeness (QED) is 0.662. The molecule has 4 nitrogen and oxygen atoms in total. The Kier molecular flexibility index (Phi) is 8.41. The van der Waals surface area contributed by atoms with Crippen LogP contribution in [0.2, 0.25) is 0 Å².